The van der Waals surface area contributed by atoms with Gasteiger partial charge in [-0.2, -0.15) is 18.2 Å². The highest BCUT2D eigenvalue weighted by Gasteiger charge is 2.41. The first-order valence-corrected chi connectivity index (χ1v) is 10.4. The van der Waals surface area contributed by atoms with Gasteiger partial charge in [0.1, 0.15) is 11.6 Å². The average Bonchev–Trinajstić information content (AvgIpc) is 3.42. The van der Waals surface area contributed by atoms with Crippen LogP contribution in [0.1, 0.15) is 51.8 Å². The molecule has 2 aromatic rings. The minimum atomic E-state index is -4.94. The van der Waals surface area contributed by atoms with Crippen LogP contribution < -0.4 is 4.90 Å². The van der Waals surface area contributed by atoms with E-state index in [2.05, 4.69) is 14.7 Å². The third kappa shape index (κ3) is 4.30. The Kier molecular flexibility index (Phi) is 5.65. The molecule has 2 saturated heterocycles. The van der Waals surface area contributed by atoms with Gasteiger partial charge in [-0.25, -0.2) is 8.78 Å². The van der Waals surface area contributed by atoms with Crippen molar-refractivity contribution in [3.05, 3.63) is 29.7 Å². The van der Waals surface area contributed by atoms with Crippen LogP contribution >= 0.6 is 0 Å². The van der Waals surface area contributed by atoms with E-state index in [0.717, 1.165) is 17.7 Å². The van der Waals surface area contributed by atoms with Gasteiger partial charge in [-0.3, -0.25) is 9.59 Å². The summed E-state index contributed by atoms with van der Waals surface area (Å²) in [5.41, 5.74) is -1.35. The first-order valence-electron chi connectivity index (χ1n) is 10.4. The van der Waals surface area contributed by atoms with Crippen LogP contribution in [0.3, 0.4) is 0 Å². The van der Waals surface area contributed by atoms with Crippen molar-refractivity contribution in [2.24, 2.45) is 0 Å². The maximum atomic E-state index is 15.0. The molecular weight excluding hydrogens is 451 g/mol. The second-order valence-corrected chi connectivity index (χ2v) is 8.83. The Morgan fingerprint density at radius 3 is 2.58 bits per heavy atom. The van der Waals surface area contributed by atoms with Gasteiger partial charge in [-0.1, -0.05) is 5.16 Å². The highest BCUT2D eigenvalue weighted by Crippen LogP contribution is 2.36. The van der Waals surface area contributed by atoms with E-state index >= 15 is 0 Å². The van der Waals surface area contributed by atoms with Crippen molar-refractivity contribution >= 4 is 17.5 Å². The fourth-order valence-corrected chi connectivity index (χ4v) is 4.49. The SMILES string of the molecule is CC1(C)CCCN1C(=O)C[C@@H]1CCC(=O)N1c1cc(F)c(-c2noc(C(F)(F)F)n2)cc1F. The lowest BCUT2D eigenvalue weighted by atomic mass is 10.0. The minimum Gasteiger partial charge on any atom is -0.338 e. The first kappa shape index (κ1) is 23.1. The molecule has 0 bridgehead atoms. The lowest BCUT2D eigenvalue weighted by molar-refractivity contribution is -0.159. The Labute approximate surface area is 185 Å². The summed E-state index contributed by atoms with van der Waals surface area (Å²) in [6.45, 7) is 4.49. The highest BCUT2D eigenvalue weighted by molar-refractivity contribution is 5.97. The Hall–Kier alpha value is -3.05. The molecule has 4 rings (SSSR count). The van der Waals surface area contributed by atoms with E-state index in [1.165, 1.54) is 0 Å². The molecule has 2 amide bonds. The Morgan fingerprint density at radius 2 is 1.97 bits per heavy atom. The lowest BCUT2D eigenvalue weighted by Crippen LogP contribution is -2.45. The van der Waals surface area contributed by atoms with Gasteiger partial charge in [0.2, 0.25) is 17.6 Å². The van der Waals surface area contributed by atoms with Crippen molar-refractivity contribution in [2.45, 2.75) is 63.7 Å². The standard InChI is InChI=1S/C21H21F5N4O3/c1-20(2)6-3-7-29(20)17(32)8-11-4-5-16(31)30(11)15-10-13(22)12(9-14(15)23)18-27-19(33-28-18)21(24,25)26/h9-11H,3-8H2,1-2H3/t11-/m0/s1. The van der Waals surface area contributed by atoms with Crippen LogP contribution in [0, 0.1) is 11.6 Å². The molecule has 0 saturated carbocycles. The zero-order valence-electron chi connectivity index (χ0n) is 17.9. The van der Waals surface area contributed by atoms with Gasteiger partial charge in [-0.15, -0.1) is 0 Å². The molecule has 1 aromatic heterocycles. The summed E-state index contributed by atoms with van der Waals surface area (Å²) in [4.78, 5) is 31.2. The quantitative estimate of drug-likeness (QED) is 0.620. The van der Waals surface area contributed by atoms with Crippen molar-refractivity contribution in [1.82, 2.24) is 15.0 Å². The Bertz CT molecular complexity index is 1100. The van der Waals surface area contributed by atoms with Crippen LogP contribution in [0.4, 0.5) is 27.6 Å². The molecule has 33 heavy (non-hydrogen) atoms. The normalized spacial score (nSPS) is 20.7. The summed E-state index contributed by atoms with van der Waals surface area (Å²) in [6, 6.07) is 0.654. The van der Waals surface area contributed by atoms with Crippen molar-refractivity contribution < 1.29 is 36.1 Å². The number of likely N-dealkylation sites (tertiary alicyclic amines) is 1. The van der Waals surface area contributed by atoms with Gasteiger partial charge < -0.3 is 14.3 Å². The monoisotopic (exact) mass is 472 g/mol. The second kappa shape index (κ2) is 8.07. The van der Waals surface area contributed by atoms with Crippen molar-refractivity contribution in [3.8, 4) is 11.4 Å². The maximum absolute atomic E-state index is 15.0. The number of nitrogens with zero attached hydrogens (tertiary/aromatic N) is 4. The fraction of sp³-hybridized carbons (Fsp3) is 0.524. The molecule has 0 N–H and O–H groups in total. The summed E-state index contributed by atoms with van der Waals surface area (Å²) in [7, 11) is 0. The number of amides is 2. The van der Waals surface area contributed by atoms with Gasteiger partial charge >= 0.3 is 12.1 Å². The molecule has 12 heteroatoms. The number of halogens is 5. The number of rotatable bonds is 4. The number of carbonyl (C=O) groups excluding carboxylic acids is 2. The molecule has 2 aliphatic heterocycles. The van der Waals surface area contributed by atoms with E-state index in [9.17, 15) is 31.5 Å². The molecule has 1 atom stereocenters. The van der Waals surface area contributed by atoms with Crippen molar-refractivity contribution in [3.63, 3.8) is 0 Å². The number of hydrogen-bond acceptors (Lipinski definition) is 5. The smallest absolute Gasteiger partial charge is 0.338 e. The van der Waals surface area contributed by atoms with Crippen LogP contribution in [-0.4, -0.2) is 45.0 Å². The van der Waals surface area contributed by atoms with E-state index in [4.69, 9.17) is 0 Å². The molecular formula is C21H21F5N4O3. The maximum Gasteiger partial charge on any atom is 0.471 e. The molecule has 1 aromatic carbocycles. The second-order valence-electron chi connectivity index (χ2n) is 8.83. The van der Waals surface area contributed by atoms with E-state index in [-0.39, 0.29) is 24.3 Å². The van der Waals surface area contributed by atoms with E-state index in [1.807, 2.05) is 13.8 Å². The van der Waals surface area contributed by atoms with Crippen LogP contribution in [0.25, 0.3) is 11.4 Å². The molecule has 2 fully saturated rings. The summed E-state index contributed by atoms with van der Waals surface area (Å²) < 4.78 is 71.8. The molecule has 2 aliphatic rings. The van der Waals surface area contributed by atoms with Crippen molar-refractivity contribution in [1.29, 1.82) is 0 Å². The number of carbonyl (C=O) groups is 2. The van der Waals surface area contributed by atoms with E-state index in [1.54, 1.807) is 4.90 Å². The van der Waals surface area contributed by atoms with Gasteiger partial charge in [0, 0.05) is 37.0 Å². The highest BCUT2D eigenvalue weighted by atomic mass is 19.4. The van der Waals surface area contributed by atoms with Gasteiger partial charge in [0.05, 0.1) is 11.3 Å². The third-order valence-electron chi connectivity index (χ3n) is 6.14. The first-order chi connectivity index (χ1) is 15.4. The zero-order chi connectivity index (χ0) is 24.1. The summed E-state index contributed by atoms with van der Waals surface area (Å²) in [5.74, 6) is -5.31. The fourth-order valence-electron chi connectivity index (χ4n) is 4.49. The summed E-state index contributed by atoms with van der Waals surface area (Å²) >= 11 is 0. The largest absolute Gasteiger partial charge is 0.471 e. The summed E-state index contributed by atoms with van der Waals surface area (Å²) in [5, 5.41) is 3.07. The summed E-state index contributed by atoms with van der Waals surface area (Å²) in [6.07, 6.45) is -2.92. The van der Waals surface area contributed by atoms with E-state index in [0.29, 0.717) is 25.1 Å². The zero-order valence-corrected chi connectivity index (χ0v) is 17.9. The molecule has 0 spiro atoms. The Morgan fingerprint density at radius 1 is 1.24 bits per heavy atom. The predicted molar refractivity (Wildman–Crippen MR) is 105 cm³/mol. The molecule has 7 nitrogen and oxygen atoms in total. The lowest BCUT2D eigenvalue weighted by Gasteiger charge is -2.34. The molecule has 0 unspecified atom stereocenters. The molecule has 0 aliphatic carbocycles. The van der Waals surface area contributed by atoms with Gasteiger partial charge in [0.25, 0.3) is 0 Å². The molecule has 178 valence electrons. The van der Waals surface area contributed by atoms with Gasteiger partial charge in [-0.05, 0) is 39.2 Å². The number of hydrogen-bond donors (Lipinski definition) is 0. The van der Waals surface area contributed by atoms with Crippen LogP contribution in [0.2, 0.25) is 0 Å². The molecule has 3 heterocycles. The molecule has 0 radical (unpaired) electrons. The van der Waals surface area contributed by atoms with Gasteiger partial charge in [0.15, 0.2) is 0 Å². The Balaban J connectivity index is 1.60. The van der Waals surface area contributed by atoms with Crippen LogP contribution in [0.15, 0.2) is 16.7 Å². The number of aromatic nitrogens is 2. The number of benzene rings is 1. The van der Waals surface area contributed by atoms with Crippen LogP contribution in [0.5, 0.6) is 0 Å². The number of anilines is 1. The topological polar surface area (TPSA) is 79.5 Å². The number of alkyl halides is 3. The minimum absolute atomic E-state index is 0.0439. The average molecular weight is 472 g/mol. The van der Waals surface area contributed by atoms with E-state index < -0.39 is 52.7 Å². The third-order valence-corrected chi connectivity index (χ3v) is 6.14. The van der Waals surface area contributed by atoms with Crippen molar-refractivity contribution in [2.75, 3.05) is 11.4 Å². The van der Waals surface area contributed by atoms with Crippen LogP contribution in [-0.2, 0) is 15.8 Å². The predicted octanol–water partition coefficient (Wildman–Crippen LogP) is 4.32.